The number of H-pyrrole nitrogens is 1. The van der Waals surface area contributed by atoms with Crippen molar-refractivity contribution in [2.75, 3.05) is 6.54 Å². The monoisotopic (exact) mass is 456 g/mol. The van der Waals surface area contributed by atoms with Crippen molar-refractivity contribution in [1.29, 1.82) is 0 Å². The fraction of sp³-hybridized carbons (Fsp3) is 0.217. The second kappa shape index (κ2) is 10.3. The Morgan fingerprint density at radius 3 is 2.78 bits per heavy atom. The molecule has 168 valence electrons. The van der Waals surface area contributed by atoms with Crippen molar-refractivity contribution in [2.24, 2.45) is 10.9 Å². The molecule has 0 fully saturated rings. The fourth-order valence-electron chi connectivity index (χ4n) is 3.23. The zero-order chi connectivity index (χ0) is 23.3. The molecule has 0 saturated carbocycles. The molecule has 0 radical (unpaired) electrons. The van der Waals surface area contributed by atoms with E-state index in [0.717, 1.165) is 22.0 Å². The highest BCUT2D eigenvalue weighted by Gasteiger charge is 2.14. The molecule has 1 heterocycles. The maximum Gasteiger partial charge on any atom is 0.317 e. The Morgan fingerprint density at radius 2 is 2.12 bits per heavy atom. The van der Waals surface area contributed by atoms with Crippen LogP contribution in [0.5, 0.6) is 5.75 Å². The number of aromatic nitrogens is 1. The summed E-state index contributed by atoms with van der Waals surface area (Å²) in [6.07, 6.45) is 1.82. The summed E-state index contributed by atoms with van der Waals surface area (Å²) in [5.41, 5.74) is 3.52. The molecule has 32 heavy (non-hydrogen) atoms. The summed E-state index contributed by atoms with van der Waals surface area (Å²) in [5, 5.41) is 13.0. The molecule has 0 bridgehead atoms. The SMILES string of the molecule is C=C(N=C(ON)c1ccc(OC(C)C)c(Cl)c1)c1cccc2c(CNCC(=O)O)c[nH]c12. The van der Waals surface area contributed by atoms with Gasteiger partial charge in [-0.1, -0.05) is 36.4 Å². The van der Waals surface area contributed by atoms with E-state index in [2.05, 4.69) is 21.9 Å². The van der Waals surface area contributed by atoms with E-state index in [4.69, 9.17) is 32.2 Å². The van der Waals surface area contributed by atoms with E-state index in [-0.39, 0.29) is 18.5 Å². The molecule has 0 spiro atoms. The molecule has 0 saturated heterocycles. The van der Waals surface area contributed by atoms with Gasteiger partial charge in [0, 0.05) is 29.3 Å². The van der Waals surface area contributed by atoms with Gasteiger partial charge in [0.05, 0.1) is 28.9 Å². The zero-order valence-electron chi connectivity index (χ0n) is 17.8. The molecule has 0 amide bonds. The minimum Gasteiger partial charge on any atom is -0.489 e. The molecule has 0 atom stereocenters. The Kier molecular flexibility index (Phi) is 7.53. The van der Waals surface area contributed by atoms with E-state index >= 15 is 0 Å². The maximum atomic E-state index is 10.7. The molecule has 1 aromatic heterocycles. The van der Waals surface area contributed by atoms with Crippen molar-refractivity contribution in [1.82, 2.24) is 10.3 Å². The molecule has 0 aliphatic rings. The standard InChI is InChI=1S/C23H25ClN4O4/c1-13(2)31-20-8-7-15(9-19(20)24)23(32-25)28-14(3)17-5-4-6-18-16(11-27-22(17)18)10-26-12-21(29)30/h4-9,11,13,26-27H,3,10,12,25H2,1-2H3,(H,29,30). The van der Waals surface area contributed by atoms with Crippen LogP contribution >= 0.6 is 11.6 Å². The van der Waals surface area contributed by atoms with Crippen molar-refractivity contribution in [2.45, 2.75) is 26.5 Å². The lowest BCUT2D eigenvalue weighted by Gasteiger charge is -2.13. The summed E-state index contributed by atoms with van der Waals surface area (Å²) in [6, 6.07) is 10.9. The highest BCUT2D eigenvalue weighted by molar-refractivity contribution is 6.32. The first-order valence-corrected chi connectivity index (χ1v) is 10.3. The summed E-state index contributed by atoms with van der Waals surface area (Å²) in [6.45, 7) is 8.19. The molecule has 0 aliphatic carbocycles. The van der Waals surface area contributed by atoms with Gasteiger partial charge in [0.25, 0.3) is 0 Å². The van der Waals surface area contributed by atoms with Crippen LogP contribution < -0.4 is 16.0 Å². The molecule has 2 aromatic carbocycles. The lowest BCUT2D eigenvalue weighted by molar-refractivity contribution is -0.136. The van der Waals surface area contributed by atoms with E-state index in [1.807, 2.05) is 38.2 Å². The predicted molar refractivity (Wildman–Crippen MR) is 126 cm³/mol. The first-order valence-electron chi connectivity index (χ1n) is 9.93. The van der Waals surface area contributed by atoms with Crippen molar-refractivity contribution in [3.8, 4) is 5.75 Å². The third-order valence-electron chi connectivity index (χ3n) is 4.59. The Morgan fingerprint density at radius 1 is 1.34 bits per heavy atom. The van der Waals surface area contributed by atoms with E-state index in [9.17, 15) is 4.79 Å². The van der Waals surface area contributed by atoms with Crippen LogP contribution in [0, 0.1) is 0 Å². The van der Waals surface area contributed by atoms with Gasteiger partial charge in [-0.2, -0.15) is 5.90 Å². The highest BCUT2D eigenvalue weighted by Crippen LogP contribution is 2.29. The first kappa shape index (κ1) is 23.3. The van der Waals surface area contributed by atoms with Crippen molar-refractivity contribution >= 4 is 40.1 Å². The number of para-hydroxylation sites is 1. The van der Waals surface area contributed by atoms with Gasteiger partial charge < -0.3 is 25.0 Å². The minimum absolute atomic E-state index is 0.0115. The first-order chi connectivity index (χ1) is 15.3. The number of carboxylic acids is 1. The summed E-state index contributed by atoms with van der Waals surface area (Å²) < 4.78 is 5.65. The number of hydrogen-bond donors (Lipinski definition) is 4. The molecule has 3 aromatic rings. The summed E-state index contributed by atoms with van der Waals surface area (Å²) in [5.74, 6) is 5.28. The molecule has 5 N–H and O–H groups in total. The Labute approximate surface area is 190 Å². The third kappa shape index (κ3) is 5.47. The number of halogens is 1. The number of carboxylic acid groups (broad SMARTS) is 1. The largest absolute Gasteiger partial charge is 0.489 e. The number of rotatable bonds is 9. The van der Waals surface area contributed by atoms with Gasteiger partial charge >= 0.3 is 5.97 Å². The van der Waals surface area contributed by atoms with Gasteiger partial charge in [0.15, 0.2) is 0 Å². The molecule has 9 heteroatoms. The van der Waals surface area contributed by atoms with Gasteiger partial charge in [-0.05, 0) is 37.6 Å². The van der Waals surface area contributed by atoms with Crippen molar-refractivity contribution in [3.05, 3.63) is 70.9 Å². The Hall–Kier alpha value is -3.33. The summed E-state index contributed by atoms with van der Waals surface area (Å²) in [7, 11) is 0. The lowest BCUT2D eigenvalue weighted by atomic mass is 10.1. The second-order valence-corrected chi connectivity index (χ2v) is 7.74. The van der Waals surface area contributed by atoms with Gasteiger partial charge in [0.1, 0.15) is 5.75 Å². The number of hydrogen-bond acceptors (Lipinski definition) is 6. The number of benzene rings is 2. The smallest absolute Gasteiger partial charge is 0.317 e. The molecule has 0 unspecified atom stereocenters. The summed E-state index contributed by atoms with van der Waals surface area (Å²) in [4.78, 5) is 23.4. The van der Waals surface area contributed by atoms with Crippen LogP contribution in [-0.2, 0) is 16.2 Å². The van der Waals surface area contributed by atoms with Gasteiger partial charge in [-0.15, -0.1) is 0 Å². The number of nitrogens with zero attached hydrogens (tertiary/aromatic N) is 1. The van der Waals surface area contributed by atoms with Crippen LogP contribution in [0.15, 0.2) is 54.2 Å². The van der Waals surface area contributed by atoms with Crippen molar-refractivity contribution < 1.29 is 19.5 Å². The van der Waals surface area contributed by atoms with Crippen LogP contribution in [0.4, 0.5) is 0 Å². The zero-order valence-corrected chi connectivity index (χ0v) is 18.6. The highest BCUT2D eigenvalue weighted by atomic mass is 35.5. The molecule has 0 aliphatic heterocycles. The van der Waals surface area contributed by atoms with Gasteiger partial charge in [-0.3, -0.25) is 4.79 Å². The predicted octanol–water partition coefficient (Wildman–Crippen LogP) is 4.09. The maximum absolute atomic E-state index is 10.7. The number of aromatic amines is 1. The number of aliphatic imine (C=N–C) groups is 1. The Balaban J connectivity index is 1.88. The normalized spacial score (nSPS) is 11.7. The van der Waals surface area contributed by atoms with Crippen LogP contribution in [0.2, 0.25) is 5.02 Å². The number of fused-ring (bicyclic) bond motifs is 1. The number of aliphatic carboxylic acids is 1. The number of nitrogens with two attached hydrogens (primary N) is 1. The quantitative estimate of drug-likeness (QED) is 0.218. The topological polar surface area (TPSA) is 122 Å². The molecule has 8 nitrogen and oxygen atoms in total. The number of ether oxygens (including phenoxy) is 1. The van der Waals surface area contributed by atoms with Crippen LogP contribution in [0.1, 0.15) is 30.5 Å². The van der Waals surface area contributed by atoms with Crippen LogP contribution in [-0.4, -0.2) is 34.6 Å². The lowest BCUT2D eigenvalue weighted by Crippen LogP contribution is -2.21. The van der Waals surface area contributed by atoms with E-state index < -0.39 is 5.97 Å². The number of carbonyl (C=O) groups is 1. The van der Waals surface area contributed by atoms with Crippen LogP contribution in [0.3, 0.4) is 0 Å². The van der Waals surface area contributed by atoms with Gasteiger partial charge in [0.2, 0.25) is 5.90 Å². The van der Waals surface area contributed by atoms with Crippen molar-refractivity contribution in [3.63, 3.8) is 0 Å². The van der Waals surface area contributed by atoms with Gasteiger partial charge in [-0.25, -0.2) is 4.99 Å². The Bertz CT molecular complexity index is 1170. The molecular weight excluding hydrogens is 432 g/mol. The minimum atomic E-state index is -0.911. The third-order valence-corrected chi connectivity index (χ3v) is 4.89. The van der Waals surface area contributed by atoms with E-state index in [0.29, 0.717) is 28.6 Å². The fourth-order valence-corrected chi connectivity index (χ4v) is 3.45. The average Bonchev–Trinajstić information content (AvgIpc) is 3.16. The average molecular weight is 457 g/mol. The molecule has 3 rings (SSSR count). The second-order valence-electron chi connectivity index (χ2n) is 7.33. The van der Waals surface area contributed by atoms with E-state index in [1.165, 1.54) is 0 Å². The van der Waals surface area contributed by atoms with E-state index in [1.54, 1.807) is 18.2 Å². The molecular formula is C23H25ClN4O4. The van der Waals surface area contributed by atoms with Crippen LogP contribution in [0.25, 0.3) is 16.6 Å². The number of nitrogens with one attached hydrogen (secondary N) is 2. The summed E-state index contributed by atoms with van der Waals surface area (Å²) >= 11 is 6.32.